The quantitative estimate of drug-likeness (QED) is 0.515. The SMILES string of the molecule is O=C(CS(=O)(=O)O)Oc1ccc(Br)cc1. The zero-order valence-corrected chi connectivity index (χ0v) is 9.79. The minimum Gasteiger partial charge on any atom is -0.426 e. The first-order chi connectivity index (χ1) is 6.87. The van der Waals surface area contributed by atoms with E-state index in [0.29, 0.717) is 0 Å². The molecule has 5 nitrogen and oxygen atoms in total. The van der Waals surface area contributed by atoms with Gasteiger partial charge in [-0.15, -0.1) is 0 Å². The van der Waals surface area contributed by atoms with E-state index in [1.165, 1.54) is 12.1 Å². The van der Waals surface area contributed by atoms with Gasteiger partial charge in [-0.05, 0) is 24.3 Å². The first kappa shape index (κ1) is 12.2. The van der Waals surface area contributed by atoms with E-state index in [0.717, 1.165) is 4.47 Å². The molecule has 0 aliphatic heterocycles. The average molecular weight is 295 g/mol. The molecule has 7 heteroatoms. The Morgan fingerprint density at radius 2 is 1.87 bits per heavy atom. The van der Waals surface area contributed by atoms with E-state index in [-0.39, 0.29) is 5.75 Å². The molecule has 0 radical (unpaired) electrons. The van der Waals surface area contributed by atoms with Crippen LogP contribution in [0.15, 0.2) is 28.7 Å². The van der Waals surface area contributed by atoms with Crippen LogP contribution in [0.4, 0.5) is 0 Å². The van der Waals surface area contributed by atoms with Crippen molar-refractivity contribution < 1.29 is 22.5 Å². The van der Waals surface area contributed by atoms with E-state index in [1.807, 2.05) is 0 Å². The lowest BCUT2D eigenvalue weighted by Crippen LogP contribution is -2.20. The summed E-state index contributed by atoms with van der Waals surface area (Å²) in [6.45, 7) is 0. The summed E-state index contributed by atoms with van der Waals surface area (Å²) in [6, 6.07) is 6.25. The van der Waals surface area contributed by atoms with Crippen molar-refractivity contribution in [2.75, 3.05) is 5.75 Å². The van der Waals surface area contributed by atoms with Crippen LogP contribution in [-0.4, -0.2) is 24.7 Å². The van der Waals surface area contributed by atoms with Gasteiger partial charge in [-0.1, -0.05) is 15.9 Å². The highest BCUT2D eigenvalue weighted by Gasteiger charge is 2.14. The average Bonchev–Trinajstić information content (AvgIpc) is 2.05. The van der Waals surface area contributed by atoms with Crippen molar-refractivity contribution in [3.63, 3.8) is 0 Å². The third kappa shape index (κ3) is 4.91. The maximum Gasteiger partial charge on any atom is 0.329 e. The van der Waals surface area contributed by atoms with Crippen molar-refractivity contribution in [2.24, 2.45) is 0 Å². The number of halogens is 1. The maximum atomic E-state index is 10.9. The lowest BCUT2D eigenvalue weighted by atomic mass is 10.3. The lowest BCUT2D eigenvalue weighted by molar-refractivity contribution is -0.131. The number of esters is 1. The molecule has 1 aromatic carbocycles. The van der Waals surface area contributed by atoms with Crippen molar-refractivity contribution in [3.8, 4) is 5.75 Å². The van der Waals surface area contributed by atoms with Gasteiger partial charge in [0.2, 0.25) is 0 Å². The Kier molecular flexibility index (Phi) is 3.83. The van der Waals surface area contributed by atoms with Crippen LogP contribution in [0.2, 0.25) is 0 Å². The van der Waals surface area contributed by atoms with Crippen LogP contribution in [-0.2, 0) is 14.9 Å². The third-order valence-electron chi connectivity index (χ3n) is 1.35. The molecule has 0 aromatic heterocycles. The van der Waals surface area contributed by atoms with E-state index in [2.05, 4.69) is 20.7 Å². The highest BCUT2D eigenvalue weighted by atomic mass is 79.9. The summed E-state index contributed by atoms with van der Waals surface area (Å²) in [5.74, 6) is -1.87. The molecule has 0 unspecified atom stereocenters. The van der Waals surface area contributed by atoms with Crippen LogP contribution in [0.5, 0.6) is 5.75 Å². The second-order valence-electron chi connectivity index (χ2n) is 2.65. The molecule has 1 N–H and O–H groups in total. The molecule has 0 atom stereocenters. The molecular formula is C8H7BrO5S. The Morgan fingerprint density at radius 3 is 2.33 bits per heavy atom. The van der Waals surface area contributed by atoms with Gasteiger partial charge in [0.05, 0.1) is 0 Å². The van der Waals surface area contributed by atoms with Crippen molar-refractivity contribution in [2.45, 2.75) is 0 Å². The van der Waals surface area contributed by atoms with Gasteiger partial charge in [0.1, 0.15) is 5.75 Å². The van der Waals surface area contributed by atoms with Gasteiger partial charge < -0.3 is 4.74 Å². The van der Waals surface area contributed by atoms with Gasteiger partial charge in [-0.3, -0.25) is 9.35 Å². The molecule has 82 valence electrons. The molecular weight excluding hydrogens is 288 g/mol. The molecule has 1 rings (SSSR count). The zero-order chi connectivity index (χ0) is 11.5. The second-order valence-corrected chi connectivity index (χ2v) is 5.02. The van der Waals surface area contributed by atoms with Gasteiger partial charge in [-0.25, -0.2) is 0 Å². The smallest absolute Gasteiger partial charge is 0.329 e. The van der Waals surface area contributed by atoms with E-state index in [9.17, 15) is 13.2 Å². The molecule has 0 spiro atoms. The van der Waals surface area contributed by atoms with Crippen LogP contribution in [0.25, 0.3) is 0 Å². The van der Waals surface area contributed by atoms with E-state index in [1.54, 1.807) is 12.1 Å². The lowest BCUT2D eigenvalue weighted by Gasteiger charge is -2.02. The van der Waals surface area contributed by atoms with E-state index >= 15 is 0 Å². The fourth-order valence-electron chi connectivity index (χ4n) is 0.812. The second kappa shape index (κ2) is 4.73. The number of benzene rings is 1. The highest BCUT2D eigenvalue weighted by molar-refractivity contribution is 9.10. The van der Waals surface area contributed by atoms with Crippen LogP contribution in [0.3, 0.4) is 0 Å². The molecule has 0 fully saturated rings. The van der Waals surface area contributed by atoms with Crippen molar-refractivity contribution in [1.29, 1.82) is 0 Å². The van der Waals surface area contributed by atoms with Gasteiger partial charge in [0.15, 0.2) is 5.75 Å². The van der Waals surface area contributed by atoms with Crippen LogP contribution in [0, 0.1) is 0 Å². The summed E-state index contributed by atoms with van der Waals surface area (Å²) in [5, 5.41) is 0. The molecule has 0 aliphatic carbocycles. The minimum absolute atomic E-state index is 0.215. The summed E-state index contributed by atoms with van der Waals surface area (Å²) in [6.07, 6.45) is 0. The van der Waals surface area contributed by atoms with Gasteiger partial charge in [-0.2, -0.15) is 8.42 Å². The topological polar surface area (TPSA) is 80.7 Å². The molecule has 0 saturated heterocycles. The first-order valence-corrected chi connectivity index (χ1v) is 6.18. The Labute approximate surface area is 94.9 Å². The van der Waals surface area contributed by atoms with Crippen LogP contribution < -0.4 is 4.74 Å². The predicted molar refractivity (Wildman–Crippen MR) is 56.2 cm³/mol. The summed E-state index contributed by atoms with van der Waals surface area (Å²) in [4.78, 5) is 10.9. The van der Waals surface area contributed by atoms with Crippen molar-refractivity contribution >= 4 is 32.0 Å². The first-order valence-electron chi connectivity index (χ1n) is 3.78. The molecule has 0 aliphatic rings. The largest absolute Gasteiger partial charge is 0.426 e. The molecule has 0 amide bonds. The van der Waals surface area contributed by atoms with Crippen molar-refractivity contribution in [3.05, 3.63) is 28.7 Å². The molecule has 0 heterocycles. The highest BCUT2D eigenvalue weighted by Crippen LogP contribution is 2.16. The van der Waals surface area contributed by atoms with Crippen LogP contribution in [0.1, 0.15) is 0 Å². The van der Waals surface area contributed by atoms with Gasteiger partial charge in [0.25, 0.3) is 10.1 Å². The Bertz CT molecular complexity index is 450. The van der Waals surface area contributed by atoms with Gasteiger partial charge in [0, 0.05) is 4.47 Å². The third-order valence-corrected chi connectivity index (χ3v) is 2.47. The summed E-state index contributed by atoms with van der Waals surface area (Å²) >= 11 is 3.18. The molecule has 15 heavy (non-hydrogen) atoms. The number of rotatable bonds is 3. The normalized spacial score (nSPS) is 11.1. The van der Waals surface area contributed by atoms with Crippen molar-refractivity contribution in [1.82, 2.24) is 0 Å². The summed E-state index contributed by atoms with van der Waals surface area (Å²) in [7, 11) is -4.34. The Morgan fingerprint density at radius 1 is 1.33 bits per heavy atom. The standard InChI is InChI=1S/C8H7BrO5S/c9-6-1-3-7(4-2-6)14-8(10)5-15(11,12)13/h1-4H,5H2,(H,11,12,13). The monoisotopic (exact) mass is 294 g/mol. The Hall–Kier alpha value is -0.920. The minimum atomic E-state index is -4.34. The van der Waals surface area contributed by atoms with E-state index in [4.69, 9.17) is 4.55 Å². The molecule has 0 saturated carbocycles. The number of ether oxygens (including phenoxy) is 1. The number of hydrogen-bond donors (Lipinski definition) is 1. The zero-order valence-electron chi connectivity index (χ0n) is 7.38. The fraction of sp³-hybridized carbons (Fsp3) is 0.125. The summed E-state index contributed by atoms with van der Waals surface area (Å²) in [5.41, 5.74) is 0. The number of carbonyl (C=O) groups excluding carboxylic acids is 1. The maximum absolute atomic E-state index is 10.9. The number of carbonyl (C=O) groups is 1. The molecule has 1 aromatic rings. The molecule has 0 bridgehead atoms. The van der Waals surface area contributed by atoms with Gasteiger partial charge >= 0.3 is 5.97 Å². The number of hydrogen-bond acceptors (Lipinski definition) is 4. The van der Waals surface area contributed by atoms with Crippen LogP contribution >= 0.6 is 15.9 Å². The predicted octanol–water partition coefficient (Wildman–Crippen LogP) is 1.24. The Balaban J connectivity index is 2.63. The summed E-state index contributed by atoms with van der Waals surface area (Å²) < 4.78 is 34.5. The van der Waals surface area contributed by atoms with E-state index < -0.39 is 21.8 Å². The fourth-order valence-corrected chi connectivity index (χ4v) is 1.43.